The number of ether oxygens (including phenoxy) is 4. The lowest BCUT2D eigenvalue weighted by atomic mass is 10.1. The van der Waals surface area contributed by atoms with Crippen molar-refractivity contribution >= 4 is 24.0 Å². The van der Waals surface area contributed by atoms with Crippen molar-refractivity contribution in [3.63, 3.8) is 0 Å². The number of unbranched alkanes of at least 4 members (excludes halogenated alkanes) is 2. The second-order valence-corrected chi connectivity index (χ2v) is 8.13. The molecule has 0 heterocycles. The van der Waals surface area contributed by atoms with Crippen molar-refractivity contribution in [2.45, 2.75) is 32.1 Å². The van der Waals surface area contributed by atoms with Crippen molar-refractivity contribution in [3.05, 3.63) is 108 Å². The Hall–Kier alpha value is -4.39. The summed E-state index contributed by atoms with van der Waals surface area (Å²) >= 11 is 0. The molecular weight excluding hydrogens is 472 g/mol. The van der Waals surface area contributed by atoms with Gasteiger partial charge in [0.15, 0.2) is 0 Å². The summed E-state index contributed by atoms with van der Waals surface area (Å²) in [6.07, 6.45) is 10.8. The lowest BCUT2D eigenvalue weighted by Gasteiger charge is -2.14. The van der Waals surface area contributed by atoms with Crippen LogP contribution in [0.4, 0.5) is 0 Å². The highest BCUT2D eigenvalue weighted by molar-refractivity contribution is 5.90. The first-order chi connectivity index (χ1) is 18.0. The maximum Gasteiger partial charge on any atom is 0.343 e. The van der Waals surface area contributed by atoms with Crippen LogP contribution in [0.1, 0.15) is 48.0 Å². The molecule has 7 nitrogen and oxygen atoms in total. The Morgan fingerprint density at radius 1 is 0.784 bits per heavy atom. The molecule has 0 aliphatic heterocycles. The zero-order valence-corrected chi connectivity index (χ0v) is 20.6. The number of allylic oxidation sites excluding steroid dienone is 4. The summed E-state index contributed by atoms with van der Waals surface area (Å²) in [6.45, 7) is 4.24. The average Bonchev–Trinajstić information content (AvgIpc) is 2.93. The maximum absolute atomic E-state index is 12.5. The van der Waals surface area contributed by atoms with Crippen LogP contribution >= 0.6 is 0 Å². The molecule has 1 aliphatic carbocycles. The Bertz CT molecular complexity index is 1160. The molecule has 3 rings (SSSR count). The van der Waals surface area contributed by atoms with Crippen LogP contribution in [0.5, 0.6) is 5.75 Å². The summed E-state index contributed by atoms with van der Waals surface area (Å²) in [5.41, 5.74) is 1.32. The average molecular weight is 503 g/mol. The van der Waals surface area contributed by atoms with E-state index in [1.54, 1.807) is 42.5 Å². The highest BCUT2D eigenvalue weighted by Crippen LogP contribution is 2.22. The van der Waals surface area contributed by atoms with Crippen LogP contribution in [0.25, 0.3) is 6.08 Å². The van der Waals surface area contributed by atoms with Gasteiger partial charge in [0.05, 0.1) is 18.8 Å². The Morgan fingerprint density at radius 3 is 2.14 bits per heavy atom. The van der Waals surface area contributed by atoms with E-state index in [1.807, 2.05) is 30.3 Å². The topological polar surface area (TPSA) is 88.1 Å². The molecule has 192 valence electrons. The summed E-state index contributed by atoms with van der Waals surface area (Å²) in [4.78, 5) is 35.5. The number of hydrogen-bond donors (Lipinski definition) is 0. The summed E-state index contributed by atoms with van der Waals surface area (Å²) in [6, 6.07) is 16.2. The van der Waals surface area contributed by atoms with E-state index in [2.05, 4.69) is 6.58 Å². The van der Waals surface area contributed by atoms with E-state index >= 15 is 0 Å². The zero-order chi connectivity index (χ0) is 26.3. The maximum atomic E-state index is 12.5. The smallest absolute Gasteiger partial charge is 0.343 e. The predicted octanol–water partition coefficient (Wildman–Crippen LogP) is 5.94. The molecule has 0 amide bonds. The van der Waals surface area contributed by atoms with Gasteiger partial charge in [0.25, 0.3) is 0 Å². The molecule has 7 heteroatoms. The second-order valence-electron chi connectivity index (χ2n) is 8.13. The monoisotopic (exact) mass is 502 g/mol. The minimum atomic E-state index is -0.466. The van der Waals surface area contributed by atoms with Gasteiger partial charge in [0, 0.05) is 25.0 Å². The Balaban J connectivity index is 1.37. The minimum Gasteiger partial charge on any atom is -0.494 e. The van der Waals surface area contributed by atoms with E-state index in [0.717, 1.165) is 30.9 Å². The van der Waals surface area contributed by atoms with Crippen molar-refractivity contribution < 1.29 is 33.3 Å². The van der Waals surface area contributed by atoms with Crippen LogP contribution in [-0.2, 0) is 23.8 Å². The SMILES string of the molecule is C=CC(=O)OCCCCCOc1ccc(C(=O)OC2=CC=C(OC(=O)/C=C/c3ccccc3)CC2)cc1. The third-order valence-electron chi connectivity index (χ3n) is 5.30. The van der Waals surface area contributed by atoms with Crippen molar-refractivity contribution in [2.24, 2.45) is 0 Å². The second kappa shape index (κ2) is 14.9. The van der Waals surface area contributed by atoms with Gasteiger partial charge in [0.1, 0.15) is 17.3 Å². The fourth-order valence-corrected chi connectivity index (χ4v) is 3.33. The number of benzene rings is 2. The molecule has 0 aromatic heterocycles. The minimum absolute atomic E-state index is 0.368. The lowest BCUT2D eigenvalue weighted by Crippen LogP contribution is -2.09. The van der Waals surface area contributed by atoms with E-state index in [0.29, 0.717) is 48.9 Å². The fourth-order valence-electron chi connectivity index (χ4n) is 3.33. The number of esters is 3. The van der Waals surface area contributed by atoms with Gasteiger partial charge in [-0.2, -0.15) is 0 Å². The van der Waals surface area contributed by atoms with Crippen molar-refractivity contribution in [3.8, 4) is 5.75 Å². The first-order valence-electron chi connectivity index (χ1n) is 12.1. The third-order valence-corrected chi connectivity index (χ3v) is 5.30. The fraction of sp³-hybridized carbons (Fsp3) is 0.233. The highest BCUT2D eigenvalue weighted by atomic mass is 16.5. The number of rotatable bonds is 13. The largest absolute Gasteiger partial charge is 0.494 e. The normalized spacial score (nSPS) is 12.8. The molecule has 2 aromatic rings. The molecule has 0 atom stereocenters. The Labute approximate surface area is 216 Å². The van der Waals surface area contributed by atoms with Crippen LogP contribution in [0.2, 0.25) is 0 Å². The lowest BCUT2D eigenvalue weighted by molar-refractivity contribution is -0.138. The molecule has 0 N–H and O–H groups in total. The molecule has 37 heavy (non-hydrogen) atoms. The standard InChI is InChI=1S/C30H30O7/c1-2-28(31)35-22-8-4-7-21-34-25-14-12-24(13-15-25)30(33)37-27-18-16-26(17-19-27)36-29(32)20-11-23-9-5-3-6-10-23/h2-3,5-6,9-16,18,20H,1,4,7-8,17,19,21-22H2/b20-11+. The van der Waals surface area contributed by atoms with E-state index in [1.165, 1.54) is 6.08 Å². The summed E-state index contributed by atoms with van der Waals surface area (Å²) in [5.74, 6) is 0.337. The third kappa shape index (κ3) is 10.0. The molecule has 0 saturated heterocycles. The molecule has 0 spiro atoms. The van der Waals surface area contributed by atoms with E-state index < -0.39 is 17.9 Å². The molecule has 0 saturated carbocycles. The van der Waals surface area contributed by atoms with Gasteiger partial charge in [-0.05, 0) is 67.3 Å². The molecule has 1 aliphatic rings. The highest BCUT2D eigenvalue weighted by Gasteiger charge is 2.15. The van der Waals surface area contributed by atoms with Crippen molar-refractivity contribution in [2.75, 3.05) is 13.2 Å². The van der Waals surface area contributed by atoms with Crippen LogP contribution in [-0.4, -0.2) is 31.1 Å². The number of carbonyl (C=O) groups is 3. The van der Waals surface area contributed by atoms with Crippen LogP contribution < -0.4 is 4.74 Å². The van der Waals surface area contributed by atoms with Gasteiger partial charge >= 0.3 is 17.9 Å². The van der Waals surface area contributed by atoms with Gasteiger partial charge in [0.2, 0.25) is 0 Å². The van der Waals surface area contributed by atoms with Gasteiger partial charge in [-0.1, -0.05) is 36.9 Å². The number of hydrogen-bond acceptors (Lipinski definition) is 7. The Kier molecular flexibility index (Phi) is 10.9. The van der Waals surface area contributed by atoms with E-state index in [-0.39, 0.29) is 0 Å². The van der Waals surface area contributed by atoms with Crippen LogP contribution in [0.15, 0.2) is 97.0 Å². The Morgan fingerprint density at radius 2 is 1.46 bits per heavy atom. The van der Waals surface area contributed by atoms with Crippen LogP contribution in [0, 0.1) is 0 Å². The van der Waals surface area contributed by atoms with Crippen molar-refractivity contribution in [1.29, 1.82) is 0 Å². The quantitative estimate of drug-likeness (QED) is 0.145. The molecule has 2 aromatic carbocycles. The molecular formula is C30H30O7. The van der Waals surface area contributed by atoms with Crippen molar-refractivity contribution in [1.82, 2.24) is 0 Å². The molecule has 0 radical (unpaired) electrons. The predicted molar refractivity (Wildman–Crippen MR) is 139 cm³/mol. The van der Waals surface area contributed by atoms with Gasteiger partial charge in [-0.3, -0.25) is 0 Å². The molecule has 0 unspecified atom stereocenters. The first kappa shape index (κ1) is 27.2. The van der Waals surface area contributed by atoms with Crippen LogP contribution in [0.3, 0.4) is 0 Å². The summed E-state index contributed by atoms with van der Waals surface area (Å²) in [5, 5.41) is 0. The number of carbonyl (C=O) groups excluding carboxylic acids is 3. The summed E-state index contributed by atoms with van der Waals surface area (Å²) < 4.78 is 21.4. The van der Waals surface area contributed by atoms with Gasteiger partial charge < -0.3 is 18.9 Å². The van der Waals surface area contributed by atoms with Gasteiger partial charge in [-0.25, -0.2) is 14.4 Å². The summed E-state index contributed by atoms with van der Waals surface area (Å²) in [7, 11) is 0. The van der Waals surface area contributed by atoms with E-state index in [4.69, 9.17) is 18.9 Å². The molecule has 0 fully saturated rings. The molecule has 0 bridgehead atoms. The zero-order valence-electron chi connectivity index (χ0n) is 20.6. The van der Waals surface area contributed by atoms with E-state index in [9.17, 15) is 14.4 Å². The van der Waals surface area contributed by atoms with Gasteiger partial charge in [-0.15, -0.1) is 0 Å². The first-order valence-corrected chi connectivity index (χ1v) is 12.1.